The van der Waals surface area contributed by atoms with E-state index in [1.807, 2.05) is 0 Å². The van der Waals surface area contributed by atoms with Crippen LogP contribution in [-0.4, -0.2) is 25.8 Å². The highest BCUT2D eigenvalue weighted by molar-refractivity contribution is 5.05. The van der Waals surface area contributed by atoms with Crippen LogP contribution in [0, 0.1) is 17.3 Å². The minimum atomic E-state index is 0.559. The van der Waals surface area contributed by atoms with E-state index in [0.717, 1.165) is 18.4 Å². The smallest absolute Gasteiger partial charge is 0.0580 e. The third-order valence-electron chi connectivity index (χ3n) is 4.50. The first-order chi connectivity index (χ1) is 8.16. The van der Waals surface area contributed by atoms with Gasteiger partial charge in [-0.15, -0.1) is 0 Å². The molecule has 1 aliphatic heterocycles. The molecule has 0 aromatic heterocycles. The quantitative estimate of drug-likeness (QED) is 0.768. The molecule has 0 radical (unpaired) electrons. The summed E-state index contributed by atoms with van der Waals surface area (Å²) in [6, 6.07) is 0. The van der Waals surface area contributed by atoms with Crippen LogP contribution in [0.5, 0.6) is 0 Å². The summed E-state index contributed by atoms with van der Waals surface area (Å²) in [5.41, 5.74) is 0.669. The van der Waals surface area contributed by atoms with E-state index in [0.29, 0.717) is 11.5 Å². The van der Waals surface area contributed by atoms with Crippen LogP contribution < -0.4 is 5.32 Å². The molecule has 1 heterocycles. The number of hydrogen-bond donors (Lipinski definition) is 1. The van der Waals surface area contributed by atoms with Crippen LogP contribution in [-0.2, 0) is 4.74 Å². The molecule has 2 fully saturated rings. The third kappa shape index (κ3) is 3.45. The lowest BCUT2D eigenvalue weighted by atomic mass is 9.88. The normalized spacial score (nSPS) is 36.7. The van der Waals surface area contributed by atoms with Gasteiger partial charge < -0.3 is 10.1 Å². The first-order valence-electron chi connectivity index (χ1n) is 7.48. The second kappa shape index (κ2) is 5.71. The molecule has 100 valence electrons. The molecule has 0 aromatic rings. The van der Waals surface area contributed by atoms with Crippen molar-refractivity contribution in [2.75, 3.05) is 19.7 Å². The zero-order chi connectivity index (χ0) is 12.3. The Morgan fingerprint density at radius 3 is 2.88 bits per heavy atom. The van der Waals surface area contributed by atoms with Gasteiger partial charge in [0.1, 0.15) is 0 Å². The van der Waals surface area contributed by atoms with E-state index in [9.17, 15) is 0 Å². The molecule has 17 heavy (non-hydrogen) atoms. The van der Waals surface area contributed by atoms with Crippen molar-refractivity contribution < 1.29 is 4.74 Å². The molecule has 2 nitrogen and oxygen atoms in total. The van der Waals surface area contributed by atoms with Crippen molar-refractivity contribution in [1.29, 1.82) is 0 Å². The molecule has 0 amide bonds. The van der Waals surface area contributed by atoms with Gasteiger partial charge in [-0.2, -0.15) is 0 Å². The second-order valence-corrected chi connectivity index (χ2v) is 6.55. The Morgan fingerprint density at radius 2 is 2.18 bits per heavy atom. The maximum atomic E-state index is 5.86. The van der Waals surface area contributed by atoms with Gasteiger partial charge in [0, 0.05) is 6.61 Å². The molecule has 3 unspecified atom stereocenters. The van der Waals surface area contributed by atoms with E-state index in [1.54, 1.807) is 0 Å². The Morgan fingerprint density at radius 1 is 1.35 bits per heavy atom. The Balaban J connectivity index is 1.71. The van der Waals surface area contributed by atoms with Gasteiger partial charge in [-0.25, -0.2) is 0 Å². The topological polar surface area (TPSA) is 21.3 Å². The maximum absolute atomic E-state index is 5.86. The number of rotatable bonds is 6. The number of nitrogens with one attached hydrogen (secondary N) is 1. The van der Waals surface area contributed by atoms with Crippen molar-refractivity contribution in [3.63, 3.8) is 0 Å². The van der Waals surface area contributed by atoms with E-state index in [2.05, 4.69) is 26.1 Å². The first-order valence-corrected chi connectivity index (χ1v) is 7.48. The Labute approximate surface area is 107 Å². The summed E-state index contributed by atoms with van der Waals surface area (Å²) in [7, 11) is 0. The molecule has 1 saturated carbocycles. The van der Waals surface area contributed by atoms with Crippen LogP contribution in [0.15, 0.2) is 0 Å². The average molecular weight is 239 g/mol. The molecule has 1 N–H and O–H groups in total. The highest BCUT2D eigenvalue weighted by Crippen LogP contribution is 2.60. The molecule has 2 heteroatoms. The van der Waals surface area contributed by atoms with Gasteiger partial charge in [0.05, 0.1) is 6.10 Å². The van der Waals surface area contributed by atoms with Crippen molar-refractivity contribution in [2.24, 2.45) is 17.3 Å². The van der Waals surface area contributed by atoms with Crippen molar-refractivity contribution in [2.45, 2.75) is 59.0 Å². The predicted octanol–water partition coefficient (Wildman–Crippen LogP) is 3.22. The lowest BCUT2D eigenvalue weighted by Crippen LogP contribution is -2.30. The van der Waals surface area contributed by atoms with Crippen LogP contribution in [0.4, 0.5) is 0 Å². The van der Waals surface area contributed by atoms with Crippen LogP contribution >= 0.6 is 0 Å². The molecule has 2 aliphatic rings. The fourth-order valence-electron chi connectivity index (χ4n) is 3.37. The van der Waals surface area contributed by atoms with Crippen LogP contribution in [0.3, 0.4) is 0 Å². The van der Waals surface area contributed by atoms with Gasteiger partial charge in [0.25, 0.3) is 0 Å². The van der Waals surface area contributed by atoms with Gasteiger partial charge >= 0.3 is 0 Å². The van der Waals surface area contributed by atoms with E-state index < -0.39 is 0 Å². The van der Waals surface area contributed by atoms with E-state index in [4.69, 9.17) is 4.74 Å². The molecule has 0 aromatic carbocycles. The fourth-order valence-corrected chi connectivity index (χ4v) is 3.37. The summed E-state index contributed by atoms with van der Waals surface area (Å²) in [6.07, 6.45) is 7.16. The SMILES string of the molecule is CCCC1CC2(CCO1)CC2CNCC(C)C. The molecule has 1 saturated heterocycles. The summed E-state index contributed by atoms with van der Waals surface area (Å²) in [6.45, 7) is 10.2. The van der Waals surface area contributed by atoms with E-state index in [-0.39, 0.29) is 0 Å². The largest absolute Gasteiger partial charge is 0.378 e. The van der Waals surface area contributed by atoms with Gasteiger partial charge in [-0.1, -0.05) is 27.2 Å². The van der Waals surface area contributed by atoms with E-state index >= 15 is 0 Å². The average Bonchev–Trinajstić information content (AvgIpc) is 2.91. The minimum Gasteiger partial charge on any atom is -0.378 e. The summed E-state index contributed by atoms with van der Waals surface area (Å²) in [5.74, 6) is 1.71. The zero-order valence-corrected chi connectivity index (χ0v) is 11.8. The molecule has 0 bridgehead atoms. The summed E-state index contributed by atoms with van der Waals surface area (Å²) in [5, 5.41) is 3.62. The molecule has 2 rings (SSSR count). The van der Waals surface area contributed by atoms with Gasteiger partial charge in [0.15, 0.2) is 0 Å². The maximum Gasteiger partial charge on any atom is 0.0580 e. The van der Waals surface area contributed by atoms with Crippen molar-refractivity contribution in [3.05, 3.63) is 0 Å². The number of ether oxygens (including phenoxy) is 1. The molecular weight excluding hydrogens is 210 g/mol. The highest BCUT2D eigenvalue weighted by Gasteiger charge is 2.55. The van der Waals surface area contributed by atoms with Crippen LogP contribution in [0.25, 0.3) is 0 Å². The van der Waals surface area contributed by atoms with Crippen molar-refractivity contribution in [3.8, 4) is 0 Å². The zero-order valence-electron chi connectivity index (χ0n) is 11.8. The minimum absolute atomic E-state index is 0.559. The lowest BCUT2D eigenvalue weighted by Gasteiger charge is -2.30. The predicted molar refractivity (Wildman–Crippen MR) is 72.1 cm³/mol. The lowest BCUT2D eigenvalue weighted by molar-refractivity contribution is -0.0247. The Bertz CT molecular complexity index is 239. The second-order valence-electron chi connectivity index (χ2n) is 6.55. The van der Waals surface area contributed by atoms with Crippen molar-refractivity contribution in [1.82, 2.24) is 5.32 Å². The molecule has 3 atom stereocenters. The monoisotopic (exact) mass is 239 g/mol. The Kier molecular flexibility index (Phi) is 4.48. The van der Waals surface area contributed by atoms with Gasteiger partial charge in [-0.05, 0) is 56.0 Å². The fraction of sp³-hybridized carbons (Fsp3) is 1.00. The number of hydrogen-bond acceptors (Lipinski definition) is 2. The summed E-state index contributed by atoms with van der Waals surface area (Å²) < 4.78 is 5.86. The molecule has 1 aliphatic carbocycles. The highest BCUT2D eigenvalue weighted by atomic mass is 16.5. The third-order valence-corrected chi connectivity index (χ3v) is 4.50. The van der Waals surface area contributed by atoms with Gasteiger partial charge in [0.2, 0.25) is 0 Å². The van der Waals surface area contributed by atoms with Gasteiger partial charge in [-0.3, -0.25) is 0 Å². The Hall–Kier alpha value is -0.0800. The van der Waals surface area contributed by atoms with E-state index in [1.165, 1.54) is 45.2 Å². The van der Waals surface area contributed by atoms with Crippen molar-refractivity contribution >= 4 is 0 Å². The molecule has 1 spiro atoms. The van der Waals surface area contributed by atoms with Crippen LogP contribution in [0.1, 0.15) is 52.9 Å². The standard InChI is InChI=1S/C15H29NO/c1-4-5-14-9-15(6-7-17-14)8-13(15)11-16-10-12(2)3/h12-14,16H,4-11H2,1-3H3. The van der Waals surface area contributed by atoms with Crippen LogP contribution in [0.2, 0.25) is 0 Å². The summed E-state index contributed by atoms with van der Waals surface area (Å²) >= 11 is 0. The first kappa shape index (κ1) is 13.4. The molecular formula is C15H29NO. The summed E-state index contributed by atoms with van der Waals surface area (Å²) in [4.78, 5) is 0.